The molecule has 1 fully saturated rings. The quantitative estimate of drug-likeness (QED) is 0.830. The maximum atomic E-state index is 11.9. The van der Waals surface area contributed by atoms with E-state index in [1.807, 2.05) is 0 Å². The molecule has 1 atom stereocenters. The predicted molar refractivity (Wildman–Crippen MR) is 67.1 cm³/mol. The van der Waals surface area contributed by atoms with Crippen molar-refractivity contribution in [3.63, 3.8) is 0 Å². The summed E-state index contributed by atoms with van der Waals surface area (Å²) in [6.07, 6.45) is 0.170. The number of fused-ring (bicyclic) bond motifs is 1. The van der Waals surface area contributed by atoms with E-state index in [4.69, 9.17) is 15.2 Å². The molecule has 0 radical (unpaired) electrons. The lowest BCUT2D eigenvalue weighted by molar-refractivity contribution is -0.123. The van der Waals surface area contributed by atoms with E-state index in [0.29, 0.717) is 36.9 Å². The van der Waals surface area contributed by atoms with Crippen LogP contribution in [-0.2, 0) is 9.59 Å². The topological polar surface area (TPSA) is 81.9 Å². The summed E-state index contributed by atoms with van der Waals surface area (Å²) in [6, 6.07) is 5.32. The summed E-state index contributed by atoms with van der Waals surface area (Å²) >= 11 is 0. The number of hydrogen-bond acceptors (Lipinski definition) is 4. The number of carbonyl (C=O) groups is 2. The van der Waals surface area contributed by atoms with Crippen LogP contribution in [0, 0.1) is 5.92 Å². The SMILES string of the molecule is NC(=O)C1CC(=O)N(c2ccc3c(c2)OCCO3)C1. The van der Waals surface area contributed by atoms with E-state index in [1.165, 1.54) is 0 Å². The van der Waals surface area contributed by atoms with Crippen molar-refractivity contribution in [1.29, 1.82) is 0 Å². The van der Waals surface area contributed by atoms with Crippen LogP contribution >= 0.6 is 0 Å². The van der Waals surface area contributed by atoms with Gasteiger partial charge < -0.3 is 20.1 Å². The monoisotopic (exact) mass is 262 g/mol. The summed E-state index contributed by atoms with van der Waals surface area (Å²) in [7, 11) is 0. The zero-order valence-electron chi connectivity index (χ0n) is 10.3. The third kappa shape index (κ3) is 2.09. The van der Waals surface area contributed by atoms with E-state index in [2.05, 4.69) is 0 Å². The Labute approximate surface area is 110 Å². The van der Waals surface area contributed by atoms with Gasteiger partial charge in [0.05, 0.1) is 5.92 Å². The highest BCUT2D eigenvalue weighted by Gasteiger charge is 2.34. The number of rotatable bonds is 2. The number of nitrogens with zero attached hydrogens (tertiary/aromatic N) is 1. The second kappa shape index (κ2) is 4.46. The fourth-order valence-corrected chi connectivity index (χ4v) is 2.35. The molecule has 1 saturated heterocycles. The molecule has 2 heterocycles. The Morgan fingerprint density at radius 2 is 2.00 bits per heavy atom. The van der Waals surface area contributed by atoms with Gasteiger partial charge >= 0.3 is 0 Å². The summed E-state index contributed by atoms with van der Waals surface area (Å²) in [6.45, 7) is 1.35. The van der Waals surface area contributed by atoms with Crippen molar-refractivity contribution in [3.05, 3.63) is 18.2 Å². The second-order valence-corrected chi connectivity index (χ2v) is 4.64. The van der Waals surface area contributed by atoms with E-state index >= 15 is 0 Å². The summed E-state index contributed by atoms with van der Waals surface area (Å²) in [5, 5.41) is 0. The number of amides is 2. The third-order valence-corrected chi connectivity index (χ3v) is 3.36. The molecular formula is C13H14N2O4. The van der Waals surface area contributed by atoms with Crippen LogP contribution in [0.4, 0.5) is 5.69 Å². The Kier molecular flexibility index (Phi) is 2.77. The lowest BCUT2D eigenvalue weighted by atomic mass is 10.1. The summed E-state index contributed by atoms with van der Waals surface area (Å²) in [5.74, 6) is 0.349. The third-order valence-electron chi connectivity index (χ3n) is 3.36. The Balaban J connectivity index is 1.86. The molecule has 2 amide bonds. The molecule has 3 rings (SSSR count). The first-order valence-corrected chi connectivity index (χ1v) is 6.14. The van der Waals surface area contributed by atoms with Crippen LogP contribution < -0.4 is 20.1 Å². The average Bonchev–Trinajstić information content (AvgIpc) is 2.80. The lowest BCUT2D eigenvalue weighted by Crippen LogP contribution is -2.28. The van der Waals surface area contributed by atoms with Crippen molar-refractivity contribution in [2.45, 2.75) is 6.42 Å². The van der Waals surface area contributed by atoms with Crippen molar-refractivity contribution in [2.24, 2.45) is 11.7 Å². The van der Waals surface area contributed by atoms with Crippen LogP contribution in [0.2, 0.25) is 0 Å². The van der Waals surface area contributed by atoms with Gasteiger partial charge in [-0.3, -0.25) is 9.59 Å². The normalized spacial score (nSPS) is 21.6. The zero-order valence-corrected chi connectivity index (χ0v) is 10.3. The molecule has 0 spiro atoms. The van der Waals surface area contributed by atoms with Crippen molar-refractivity contribution >= 4 is 17.5 Å². The molecule has 2 aliphatic heterocycles. The fourth-order valence-electron chi connectivity index (χ4n) is 2.35. The summed E-state index contributed by atoms with van der Waals surface area (Å²) in [5.41, 5.74) is 5.96. The highest BCUT2D eigenvalue weighted by atomic mass is 16.6. The number of carbonyl (C=O) groups excluding carboxylic acids is 2. The first kappa shape index (κ1) is 11.8. The Bertz CT molecular complexity index is 543. The van der Waals surface area contributed by atoms with E-state index in [0.717, 1.165) is 0 Å². The minimum Gasteiger partial charge on any atom is -0.486 e. The molecule has 0 aromatic heterocycles. The molecule has 0 bridgehead atoms. The standard InChI is InChI=1S/C13H14N2O4/c14-13(17)8-5-12(16)15(7-8)9-1-2-10-11(6-9)19-4-3-18-10/h1-2,6,8H,3-5,7H2,(H2,14,17). The van der Waals surface area contributed by atoms with Crippen LogP contribution in [0.5, 0.6) is 11.5 Å². The van der Waals surface area contributed by atoms with E-state index in [-0.39, 0.29) is 12.3 Å². The highest BCUT2D eigenvalue weighted by molar-refractivity contribution is 6.00. The first-order valence-electron chi connectivity index (χ1n) is 6.14. The summed E-state index contributed by atoms with van der Waals surface area (Å²) in [4.78, 5) is 24.6. The Hall–Kier alpha value is -2.24. The Morgan fingerprint density at radius 3 is 2.68 bits per heavy atom. The summed E-state index contributed by atoms with van der Waals surface area (Å²) < 4.78 is 10.9. The van der Waals surface area contributed by atoms with Crippen molar-refractivity contribution in [3.8, 4) is 11.5 Å². The van der Waals surface area contributed by atoms with Gasteiger partial charge in [-0.25, -0.2) is 0 Å². The largest absolute Gasteiger partial charge is 0.486 e. The minimum atomic E-state index is -0.437. The average molecular weight is 262 g/mol. The van der Waals surface area contributed by atoms with Gasteiger partial charge in [-0.2, -0.15) is 0 Å². The van der Waals surface area contributed by atoms with Gasteiger partial charge in [0, 0.05) is 24.7 Å². The van der Waals surface area contributed by atoms with E-state index in [9.17, 15) is 9.59 Å². The van der Waals surface area contributed by atoms with Crippen LogP contribution in [0.1, 0.15) is 6.42 Å². The van der Waals surface area contributed by atoms with Gasteiger partial charge in [0.2, 0.25) is 11.8 Å². The van der Waals surface area contributed by atoms with Gasteiger partial charge in [-0.05, 0) is 12.1 Å². The molecule has 6 nitrogen and oxygen atoms in total. The number of ether oxygens (including phenoxy) is 2. The zero-order chi connectivity index (χ0) is 13.4. The molecular weight excluding hydrogens is 248 g/mol. The maximum Gasteiger partial charge on any atom is 0.227 e. The molecule has 1 aromatic rings. The van der Waals surface area contributed by atoms with Crippen molar-refractivity contribution in [1.82, 2.24) is 0 Å². The molecule has 2 aliphatic rings. The fraction of sp³-hybridized carbons (Fsp3) is 0.385. The van der Waals surface area contributed by atoms with E-state index in [1.54, 1.807) is 23.1 Å². The second-order valence-electron chi connectivity index (χ2n) is 4.64. The molecule has 19 heavy (non-hydrogen) atoms. The lowest BCUT2D eigenvalue weighted by Gasteiger charge is -2.22. The van der Waals surface area contributed by atoms with E-state index < -0.39 is 11.8 Å². The number of anilines is 1. The molecule has 6 heteroatoms. The van der Waals surface area contributed by atoms with Crippen LogP contribution in [-0.4, -0.2) is 31.6 Å². The first-order chi connectivity index (χ1) is 9.15. The van der Waals surface area contributed by atoms with Crippen molar-refractivity contribution < 1.29 is 19.1 Å². The van der Waals surface area contributed by atoms with Gasteiger partial charge in [-0.1, -0.05) is 0 Å². The smallest absolute Gasteiger partial charge is 0.227 e. The molecule has 1 aromatic carbocycles. The van der Waals surface area contributed by atoms with Crippen LogP contribution in [0.25, 0.3) is 0 Å². The number of nitrogens with two attached hydrogens (primary N) is 1. The van der Waals surface area contributed by atoms with Gasteiger partial charge in [0.1, 0.15) is 13.2 Å². The molecule has 2 N–H and O–H groups in total. The number of hydrogen-bond donors (Lipinski definition) is 1. The van der Waals surface area contributed by atoms with Gasteiger partial charge in [0.15, 0.2) is 11.5 Å². The predicted octanol–water partition coefficient (Wildman–Crippen LogP) is 0.296. The Morgan fingerprint density at radius 1 is 1.26 bits per heavy atom. The highest BCUT2D eigenvalue weighted by Crippen LogP contribution is 2.35. The number of primary amides is 1. The van der Waals surface area contributed by atoms with Crippen molar-refractivity contribution in [2.75, 3.05) is 24.7 Å². The molecule has 0 saturated carbocycles. The minimum absolute atomic E-state index is 0.0968. The van der Waals surface area contributed by atoms with Crippen LogP contribution in [0.15, 0.2) is 18.2 Å². The molecule has 0 aliphatic carbocycles. The number of benzene rings is 1. The van der Waals surface area contributed by atoms with Gasteiger partial charge in [0.25, 0.3) is 0 Å². The van der Waals surface area contributed by atoms with Crippen LogP contribution in [0.3, 0.4) is 0 Å². The molecule has 100 valence electrons. The maximum absolute atomic E-state index is 11.9. The molecule has 1 unspecified atom stereocenters. The van der Waals surface area contributed by atoms with Gasteiger partial charge in [-0.15, -0.1) is 0 Å².